The number of hydrogen-bond donors (Lipinski definition) is 2. The number of nitrogens with two attached hydrogens (primary N) is 1. The summed E-state index contributed by atoms with van der Waals surface area (Å²) in [4.78, 5) is 27.6. The number of hydrogen-bond acceptors (Lipinski definition) is 4. The zero-order chi connectivity index (χ0) is 19.3. The molecule has 26 heavy (non-hydrogen) atoms. The Balaban J connectivity index is 1.86. The van der Waals surface area contributed by atoms with Crippen molar-refractivity contribution in [2.45, 2.75) is 25.6 Å². The van der Waals surface area contributed by atoms with Gasteiger partial charge in [0.15, 0.2) is 0 Å². The van der Waals surface area contributed by atoms with E-state index in [0.717, 1.165) is 6.07 Å². The maximum atomic E-state index is 13.0. The van der Waals surface area contributed by atoms with Crippen molar-refractivity contribution >= 4 is 17.5 Å². The van der Waals surface area contributed by atoms with Crippen molar-refractivity contribution in [1.29, 1.82) is 0 Å². The highest BCUT2D eigenvalue weighted by Gasteiger charge is 2.33. The van der Waals surface area contributed by atoms with Gasteiger partial charge in [-0.2, -0.15) is 13.2 Å². The highest BCUT2D eigenvalue weighted by atomic mass is 19.4. The number of halogens is 3. The van der Waals surface area contributed by atoms with Gasteiger partial charge in [0.1, 0.15) is 0 Å². The molecule has 144 valence electrons. The molecule has 1 saturated heterocycles. The third kappa shape index (κ3) is 5.70. The molecule has 0 spiro atoms. The molecule has 1 aromatic carbocycles. The van der Waals surface area contributed by atoms with Crippen LogP contribution in [0.1, 0.15) is 18.9 Å². The molecule has 1 aromatic rings. The second kappa shape index (κ2) is 8.50. The largest absolute Gasteiger partial charge is 0.418 e. The Labute approximate surface area is 150 Å². The van der Waals surface area contributed by atoms with E-state index in [0.29, 0.717) is 26.2 Å². The van der Waals surface area contributed by atoms with Crippen LogP contribution in [0.15, 0.2) is 24.3 Å². The quantitative estimate of drug-likeness (QED) is 0.822. The van der Waals surface area contributed by atoms with Crippen molar-refractivity contribution < 1.29 is 22.8 Å². The minimum atomic E-state index is -4.53. The van der Waals surface area contributed by atoms with Gasteiger partial charge in [0.05, 0.1) is 17.8 Å². The predicted octanol–water partition coefficient (Wildman–Crippen LogP) is 1.53. The SMILES string of the molecule is CC(N)CC(=O)N1CCN(CC(=O)Nc2ccccc2C(F)(F)F)CC1. The van der Waals surface area contributed by atoms with Crippen LogP contribution in [0.3, 0.4) is 0 Å². The van der Waals surface area contributed by atoms with Gasteiger partial charge >= 0.3 is 6.18 Å². The third-order valence-corrected chi connectivity index (χ3v) is 4.10. The lowest BCUT2D eigenvalue weighted by Crippen LogP contribution is -2.51. The Kier molecular flexibility index (Phi) is 6.60. The van der Waals surface area contributed by atoms with Crippen LogP contribution >= 0.6 is 0 Å². The number of nitrogens with one attached hydrogen (secondary N) is 1. The zero-order valence-corrected chi connectivity index (χ0v) is 14.6. The molecular weight excluding hydrogens is 349 g/mol. The lowest BCUT2D eigenvalue weighted by atomic mass is 10.1. The average Bonchev–Trinajstić information content (AvgIpc) is 2.54. The second-order valence-electron chi connectivity index (χ2n) is 6.43. The average molecular weight is 372 g/mol. The first-order valence-electron chi connectivity index (χ1n) is 8.38. The molecule has 0 bridgehead atoms. The lowest BCUT2D eigenvalue weighted by molar-refractivity contribution is -0.137. The molecule has 1 aliphatic rings. The molecule has 0 aliphatic carbocycles. The van der Waals surface area contributed by atoms with Gasteiger partial charge in [-0.1, -0.05) is 12.1 Å². The fourth-order valence-corrected chi connectivity index (χ4v) is 2.79. The van der Waals surface area contributed by atoms with Gasteiger partial charge in [-0.25, -0.2) is 0 Å². The van der Waals surface area contributed by atoms with Crippen molar-refractivity contribution in [1.82, 2.24) is 9.80 Å². The molecule has 2 amide bonds. The first-order valence-corrected chi connectivity index (χ1v) is 8.38. The smallest absolute Gasteiger partial charge is 0.340 e. The number of amides is 2. The van der Waals surface area contributed by atoms with Crippen LogP contribution in [-0.4, -0.2) is 60.4 Å². The summed E-state index contributed by atoms with van der Waals surface area (Å²) < 4.78 is 38.9. The number of benzene rings is 1. The number of piperazine rings is 1. The molecule has 1 heterocycles. The monoisotopic (exact) mass is 372 g/mol. The van der Waals surface area contributed by atoms with Crippen molar-refractivity contribution in [3.63, 3.8) is 0 Å². The van der Waals surface area contributed by atoms with Crippen LogP contribution in [-0.2, 0) is 15.8 Å². The Morgan fingerprint density at radius 1 is 1.19 bits per heavy atom. The fourth-order valence-electron chi connectivity index (χ4n) is 2.79. The number of nitrogens with zero attached hydrogens (tertiary/aromatic N) is 2. The number of carbonyl (C=O) groups is 2. The topological polar surface area (TPSA) is 78.7 Å². The minimum Gasteiger partial charge on any atom is -0.340 e. The Hall–Kier alpha value is -2.13. The van der Waals surface area contributed by atoms with E-state index in [2.05, 4.69) is 5.32 Å². The van der Waals surface area contributed by atoms with Crippen LogP contribution in [0.4, 0.5) is 18.9 Å². The van der Waals surface area contributed by atoms with Gasteiger partial charge in [0, 0.05) is 38.6 Å². The molecule has 0 aromatic heterocycles. The van der Waals surface area contributed by atoms with E-state index >= 15 is 0 Å². The molecule has 1 aliphatic heterocycles. The van der Waals surface area contributed by atoms with E-state index in [-0.39, 0.29) is 30.6 Å². The van der Waals surface area contributed by atoms with E-state index < -0.39 is 17.6 Å². The van der Waals surface area contributed by atoms with Gasteiger partial charge in [0.2, 0.25) is 11.8 Å². The number of anilines is 1. The summed E-state index contributed by atoms with van der Waals surface area (Å²) in [5.41, 5.74) is 4.49. The third-order valence-electron chi connectivity index (χ3n) is 4.10. The molecule has 0 saturated carbocycles. The Morgan fingerprint density at radius 3 is 2.38 bits per heavy atom. The zero-order valence-electron chi connectivity index (χ0n) is 14.6. The van der Waals surface area contributed by atoms with Crippen LogP contribution in [0.2, 0.25) is 0 Å². The summed E-state index contributed by atoms with van der Waals surface area (Å²) in [6, 6.07) is 4.66. The summed E-state index contributed by atoms with van der Waals surface area (Å²) >= 11 is 0. The maximum absolute atomic E-state index is 13.0. The van der Waals surface area contributed by atoms with Crippen molar-refractivity contribution in [2.24, 2.45) is 5.73 Å². The van der Waals surface area contributed by atoms with Gasteiger partial charge in [-0.3, -0.25) is 14.5 Å². The maximum Gasteiger partial charge on any atom is 0.418 e. The second-order valence-corrected chi connectivity index (χ2v) is 6.43. The van der Waals surface area contributed by atoms with Gasteiger partial charge < -0.3 is 16.0 Å². The molecule has 0 radical (unpaired) electrons. The van der Waals surface area contributed by atoms with Crippen molar-refractivity contribution in [3.05, 3.63) is 29.8 Å². The summed E-state index contributed by atoms with van der Waals surface area (Å²) in [6.07, 6.45) is -4.26. The van der Waals surface area contributed by atoms with Crippen molar-refractivity contribution in [2.75, 3.05) is 38.0 Å². The van der Waals surface area contributed by atoms with Gasteiger partial charge in [0.25, 0.3) is 0 Å². The standard InChI is InChI=1S/C17H23F3N4O2/c1-12(21)10-16(26)24-8-6-23(7-9-24)11-15(25)22-14-5-3-2-4-13(14)17(18,19)20/h2-5,12H,6-11,21H2,1H3,(H,22,25). The number of para-hydroxylation sites is 1. The number of rotatable bonds is 5. The summed E-state index contributed by atoms with van der Waals surface area (Å²) in [7, 11) is 0. The number of alkyl halides is 3. The predicted molar refractivity (Wildman–Crippen MR) is 91.4 cm³/mol. The molecule has 6 nitrogen and oxygen atoms in total. The van der Waals surface area contributed by atoms with Crippen molar-refractivity contribution in [3.8, 4) is 0 Å². The van der Waals surface area contributed by atoms with Gasteiger partial charge in [-0.05, 0) is 19.1 Å². The van der Waals surface area contributed by atoms with Crippen LogP contribution in [0, 0.1) is 0 Å². The van der Waals surface area contributed by atoms with Crippen LogP contribution < -0.4 is 11.1 Å². The Bertz CT molecular complexity index is 641. The first-order chi connectivity index (χ1) is 12.2. The molecule has 1 unspecified atom stereocenters. The Morgan fingerprint density at radius 2 is 1.81 bits per heavy atom. The van der Waals surface area contributed by atoms with Gasteiger partial charge in [-0.15, -0.1) is 0 Å². The fraction of sp³-hybridized carbons (Fsp3) is 0.529. The van der Waals surface area contributed by atoms with E-state index in [9.17, 15) is 22.8 Å². The van der Waals surface area contributed by atoms with E-state index in [1.165, 1.54) is 18.2 Å². The highest BCUT2D eigenvalue weighted by Crippen LogP contribution is 2.34. The lowest BCUT2D eigenvalue weighted by Gasteiger charge is -2.34. The molecule has 2 rings (SSSR count). The van der Waals surface area contributed by atoms with E-state index in [1.54, 1.807) is 16.7 Å². The molecule has 9 heteroatoms. The molecule has 1 atom stereocenters. The number of carbonyl (C=O) groups excluding carboxylic acids is 2. The highest BCUT2D eigenvalue weighted by molar-refractivity contribution is 5.93. The van der Waals surface area contributed by atoms with Crippen LogP contribution in [0.25, 0.3) is 0 Å². The molecule has 3 N–H and O–H groups in total. The molecular formula is C17H23F3N4O2. The first kappa shape index (κ1) is 20.2. The summed E-state index contributed by atoms with van der Waals surface area (Å²) in [6.45, 7) is 3.65. The summed E-state index contributed by atoms with van der Waals surface area (Å²) in [5, 5.41) is 2.33. The van der Waals surface area contributed by atoms with E-state index in [1.807, 2.05) is 0 Å². The van der Waals surface area contributed by atoms with E-state index in [4.69, 9.17) is 5.73 Å². The normalized spacial score (nSPS) is 17.0. The molecule has 1 fully saturated rings. The summed E-state index contributed by atoms with van der Waals surface area (Å²) in [5.74, 6) is -0.541. The minimum absolute atomic E-state index is 0.0248. The van der Waals surface area contributed by atoms with Crippen LogP contribution in [0.5, 0.6) is 0 Å².